The van der Waals surface area contributed by atoms with E-state index in [1.807, 2.05) is 14.0 Å². The van der Waals surface area contributed by atoms with Crippen LogP contribution >= 0.6 is 0 Å². The lowest BCUT2D eigenvalue weighted by atomic mass is 10.00. The summed E-state index contributed by atoms with van der Waals surface area (Å²) in [6.07, 6.45) is 1.86. The molecule has 18 heavy (non-hydrogen) atoms. The van der Waals surface area contributed by atoms with Crippen LogP contribution in [0.1, 0.15) is 31.4 Å². The molecular weight excluding hydrogens is 236 g/mol. The topological polar surface area (TPSA) is 21.3 Å². The molecule has 2 nitrogen and oxygen atoms in total. The van der Waals surface area contributed by atoms with Gasteiger partial charge in [0, 0.05) is 6.04 Å². The van der Waals surface area contributed by atoms with Crippen LogP contribution in [0.25, 0.3) is 0 Å². The minimum absolute atomic E-state index is 0.184. The van der Waals surface area contributed by atoms with E-state index < -0.39 is 6.61 Å². The fourth-order valence-corrected chi connectivity index (χ4v) is 1.75. The minimum Gasteiger partial charge on any atom is -0.435 e. The van der Waals surface area contributed by atoms with Gasteiger partial charge in [-0.2, -0.15) is 8.78 Å². The van der Waals surface area contributed by atoms with Crippen molar-refractivity contribution in [2.45, 2.75) is 32.4 Å². The summed E-state index contributed by atoms with van der Waals surface area (Å²) in [7, 11) is 1.88. The maximum atomic E-state index is 12.0. The largest absolute Gasteiger partial charge is 0.435 e. The van der Waals surface area contributed by atoms with E-state index in [9.17, 15) is 8.78 Å². The second-order valence-electron chi connectivity index (χ2n) is 4.28. The Balaban J connectivity index is 2.66. The molecule has 0 aliphatic heterocycles. The van der Waals surface area contributed by atoms with Crippen molar-refractivity contribution in [1.82, 2.24) is 5.32 Å². The van der Waals surface area contributed by atoms with Crippen LogP contribution < -0.4 is 10.1 Å². The molecule has 4 heteroatoms. The van der Waals surface area contributed by atoms with Gasteiger partial charge in [-0.15, -0.1) is 6.58 Å². The van der Waals surface area contributed by atoms with Gasteiger partial charge in [0.25, 0.3) is 0 Å². The summed E-state index contributed by atoms with van der Waals surface area (Å²) < 4.78 is 28.3. The van der Waals surface area contributed by atoms with E-state index in [0.29, 0.717) is 0 Å². The molecule has 0 saturated heterocycles. The van der Waals surface area contributed by atoms with Gasteiger partial charge in [0.15, 0.2) is 0 Å². The molecule has 0 heterocycles. The predicted octanol–water partition coefficient (Wildman–Crippen LogP) is 3.90. The highest BCUT2D eigenvalue weighted by Crippen LogP contribution is 2.23. The smallest absolute Gasteiger partial charge is 0.387 e. The zero-order chi connectivity index (χ0) is 13.5. The summed E-state index contributed by atoms with van der Waals surface area (Å²) in [5.41, 5.74) is 2.19. The summed E-state index contributed by atoms with van der Waals surface area (Å²) >= 11 is 0. The number of halogens is 2. The first-order chi connectivity index (χ1) is 8.52. The summed E-state index contributed by atoms with van der Waals surface area (Å²) in [4.78, 5) is 0. The first kappa shape index (κ1) is 14.6. The number of alkyl halides is 2. The zero-order valence-corrected chi connectivity index (χ0v) is 10.7. The van der Waals surface area contributed by atoms with E-state index >= 15 is 0 Å². The molecule has 0 saturated carbocycles. The summed E-state index contributed by atoms with van der Waals surface area (Å²) in [5.74, 6) is 0.184. The maximum absolute atomic E-state index is 12.0. The van der Waals surface area contributed by atoms with Crippen LogP contribution in [0, 0.1) is 0 Å². The lowest BCUT2D eigenvalue weighted by Gasteiger charge is -2.17. The van der Waals surface area contributed by atoms with Gasteiger partial charge < -0.3 is 10.1 Å². The number of rotatable bonds is 7. The molecule has 0 radical (unpaired) electrons. The summed E-state index contributed by atoms with van der Waals surface area (Å²) in [6, 6.07) is 6.93. The Kier molecular flexibility index (Phi) is 5.78. The van der Waals surface area contributed by atoms with Gasteiger partial charge in [0.1, 0.15) is 5.75 Å². The van der Waals surface area contributed by atoms with E-state index in [-0.39, 0.29) is 11.8 Å². The highest BCUT2D eigenvalue weighted by Gasteiger charge is 2.10. The van der Waals surface area contributed by atoms with Crippen molar-refractivity contribution < 1.29 is 13.5 Å². The van der Waals surface area contributed by atoms with E-state index in [4.69, 9.17) is 0 Å². The third-order valence-corrected chi connectivity index (χ3v) is 2.72. The first-order valence-electron chi connectivity index (χ1n) is 5.89. The number of hydrogen-bond acceptors (Lipinski definition) is 2. The van der Waals surface area contributed by atoms with Crippen LogP contribution in [0.5, 0.6) is 5.75 Å². The Morgan fingerprint density at radius 1 is 1.33 bits per heavy atom. The van der Waals surface area contributed by atoms with E-state index in [1.165, 1.54) is 0 Å². The van der Waals surface area contributed by atoms with Gasteiger partial charge in [-0.25, -0.2) is 0 Å². The lowest BCUT2D eigenvalue weighted by Crippen LogP contribution is -2.16. The molecule has 0 fully saturated rings. The zero-order valence-electron chi connectivity index (χ0n) is 10.7. The lowest BCUT2D eigenvalue weighted by molar-refractivity contribution is -0.0498. The number of benzene rings is 1. The van der Waals surface area contributed by atoms with Crippen LogP contribution in [0.2, 0.25) is 0 Å². The number of hydrogen-bond donors (Lipinski definition) is 1. The van der Waals surface area contributed by atoms with E-state index in [0.717, 1.165) is 24.0 Å². The molecular formula is C14H19F2NO. The van der Waals surface area contributed by atoms with Gasteiger partial charge in [0.05, 0.1) is 0 Å². The molecule has 0 aliphatic carbocycles. The van der Waals surface area contributed by atoms with E-state index in [1.54, 1.807) is 24.3 Å². The fourth-order valence-electron chi connectivity index (χ4n) is 1.75. The van der Waals surface area contributed by atoms with Gasteiger partial charge in [-0.1, -0.05) is 17.7 Å². The van der Waals surface area contributed by atoms with E-state index in [2.05, 4.69) is 16.6 Å². The van der Waals surface area contributed by atoms with Crippen molar-refractivity contribution in [2.24, 2.45) is 0 Å². The SMILES string of the molecule is C=C(C)CCC(NC)c1ccc(OC(F)F)cc1. The third-order valence-electron chi connectivity index (χ3n) is 2.72. The van der Waals surface area contributed by atoms with Crippen molar-refractivity contribution in [3.63, 3.8) is 0 Å². The monoisotopic (exact) mass is 255 g/mol. The highest BCUT2D eigenvalue weighted by atomic mass is 19.3. The van der Waals surface area contributed by atoms with Crippen molar-refractivity contribution in [2.75, 3.05) is 7.05 Å². The van der Waals surface area contributed by atoms with Crippen LogP contribution in [0.15, 0.2) is 36.4 Å². The molecule has 0 spiro atoms. The van der Waals surface area contributed by atoms with Crippen LogP contribution in [0.4, 0.5) is 8.78 Å². The Labute approximate surface area is 107 Å². The molecule has 1 aromatic carbocycles. The molecule has 1 rings (SSSR count). The number of allylic oxidation sites excluding steroid dienone is 1. The highest BCUT2D eigenvalue weighted by molar-refractivity contribution is 5.29. The molecule has 0 amide bonds. The second-order valence-corrected chi connectivity index (χ2v) is 4.28. The van der Waals surface area contributed by atoms with Crippen LogP contribution in [0.3, 0.4) is 0 Å². The predicted molar refractivity (Wildman–Crippen MR) is 68.9 cm³/mol. The van der Waals surface area contributed by atoms with Crippen molar-refractivity contribution in [1.29, 1.82) is 0 Å². The van der Waals surface area contributed by atoms with Gasteiger partial charge >= 0.3 is 6.61 Å². The van der Waals surface area contributed by atoms with Crippen LogP contribution in [-0.2, 0) is 0 Å². The van der Waals surface area contributed by atoms with Gasteiger partial charge in [-0.3, -0.25) is 0 Å². The Hall–Kier alpha value is -1.42. The Bertz CT molecular complexity index is 376. The average molecular weight is 255 g/mol. The molecule has 0 aliphatic rings. The molecule has 1 unspecified atom stereocenters. The molecule has 1 atom stereocenters. The summed E-state index contributed by atoms with van der Waals surface area (Å²) in [6.45, 7) is 3.08. The van der Waals surface area contributed by atoms with Crippen LogP contribution in [-0.4, -0.2) is 13.7 Å². The fraction of sp³-hybridized carbons (Fsp3) is 0.429. The van der Waals surface area contributed by atoms with Gasteiger partial charge in [-0.05, 0) is 44.5 Å². The molecule has 0 aromatic heterocycles. The average Bonchev–Trinajstić information content (AvgIpc) is 2.31. The Morgan fingerprint density at radius 2 is 1.94 bits per heavy atom. The third kappa shape index (κ3) is 4.84. The number of ether oxygens (including phenoxy) is 1. The molecule has 100 valence electrons. The second kappa shape index (κ2) is 7.11. The maximum Gasteiger partial charge on any atom is 0.387 e. The Morgan fingerprint density at radius 3 is 2.39 bits per heavy atom. The minimum atomic E-state index is -2.78. The molecule has 1 N–H and O–H groups in total. The standard InChI is InChI=1S/C14H19F2NO/c1-10(2)4-9-13(17-3)11-5-7-12(8-6-11)18-14(15)16/h5-8,13-14,17H,1,4,9H2,2-3H3. The van der Waals surface area contributed by atoms with Crippen molar-refractivity contribution in [3.05, 3.63) is 42.0 Å². The van der Waals surface area contributed by atoms with Gasteiger partial charge in [0.2, 0.25) is 0 Å². The van der Waals surface area contributed by atoms with Crippen molar-refractivity contribution in [3.8, 4) is 5.75 Å². The first-order valence-corrected chi connectivity index (χ1v) is 5.89. The number of nitrogens with one attached hydrogen (secondary N) is 1. The quantitative estimate of drug-likeness (QED) is 0.746. The normalized spacial score (nSPS) is 12.5. The molecule has 0 bridgehead atoms. The molecule has 1 aromatic rings. The van der Waals surface area contributed by atoms with Crippen molar-refractivity contribution >= 4 is 0 Å². The summed E-state index contributed by atoms with van der Waals surface area (Å²) in [5, 5.41) is 3.20.